The normalized spacial score (nSPS) is 12.7. The zero-order valence-corrected chi connectivity index (χ0v) is 12.7. The van der Waals surface area contributed by atoms with Crippen molar-refractivity contribution < 1.29 is 4.39 Å². The summed E-state index contributed by atoms with van der Waals surface area (Å²) in [4.78, 5) is 1.27. The van der Waals surface area contributed by atoms with Gasteiger partial charge < -0.3 is 5.32 Å². The molecule has 1 N–H and O–H groups in total. The van der Waals surface area contributed by atoms with Gasteiger partial charge in [-0.05, 0) is 64.1 Å². The monoisotopic (exact) mass is 327 g/mol. The molecule has 0 fully saturated rings. The maximum absolute atomic E-state index is 13.6. The summed E-state index contributed by atoms with van der Waals surface area (Å²) in [5.41, 5.74) is 2.15. The Balaban J connectivity index is 2.37. The van der Waals surface area contributed by atoms with E-state index < -0.39 is 0 Å². The number of thiophene rings is 1. The second-order valence-corrected chi connectivity index (χ2v) is 6.12. The average molecular weight is 328 g/mol. The summed E-state index contributed by atoms with van der Waals surface area (Å²) in [5, 5.41) is 5.53. The molecule has 1 heterocycles. The third-order valence-corrected chi connectivity index (χ3v) is 4.29. The van der Waals surface area contributed by atoms with Crippen molar-refractivity contribution in [2.45, 2.75) is 19.9 Å². The van der Waals surface area contributed by atoms with Crippen LogP contribution in [-0.4, -0.2) is 6.54 Å². The fourth-order valence-electron chi connectivity index (χ4n) is 1.94. The number of halogens is 2. The molecule has 0 saturated carbocycles. The van der Waals surface area contributed by atoms with E-state index in [0.717, 1.165) is 12.1 Å². The number of benzene rings is 1. The maximum Gasteiger partial charge on any atom is 0.137 e. The maximum atomic E-state index is 13.6. The summed E-state index contributed by atoms with van der Waals surface area (Å²) in [7, 11) is 0. The van der Waals surface area contributed by atoms with Crippen LogP contribution in [-0.2, 0) is 0 Å². The largest absolute Gasteiger partial charge is 0.307 e. The number of aryl methyl sites for hydroxylation is 1. The molecule has 2 aromatic rings. The molecule has 2 rings (SSSR count). The first-order valence-electron chi connectivity index (χ1n) is 5.85. The van der Waals surface area contributed by atoms with Crippen LogP contribution in [0.5, 0.6) is 0 Å². The zero-order chi connectivity index (χ0) is 13.1. The van der Waals surface area contributed by atoms with Crippen LogP contribution in [0.15, 0.2) is 34.1 Å². The molecule has 4 heteroatoms. The van der Waals surface area contributed by atoms with E-state index in [1.807, 2.05) is 6.07 Å². The molecular formula is C14H15BrFNS. The van der Waals surface area contributed by atoms with E-state index in [2.05, 4.69) is 46.5 Å². The van der Waals surface area contributed by atoms with E-state index in [0.29, 0.717) is 4.47 Å². The van der Waals surface area contributed by atoms with Gasteiger partial charge in [-0.25, -0.2) is 4.39 Å². The fourth-order valence-corrected chi connectivity index (χ4v) is 2.92. The van der Waals surface area contributed by atoms with Crippen molar-refractivity contribution in [1.29, 1.82) is 0 Å². The van der Waals surface area contributed by atoms with Gasteiger partial charge in [0, 0.05) is 4.88 Å². The molecule has 0 spiro atoms. The van der Waals surface area contributed by atoms with Crippen LogP contribution in [0, 0.1) is 12.7 Å². The minimum Gasteiger partial charge on any atom is -0.307 e. The number of rotatable bonds is 4. The van der Waals surface area contributed by atoms with E-state index in [9.17, 15) is 4.39 Å². The Morgan fingerprint density at radius 1 is 1.33 bits per heavy atom. The standard InChI is InChI=1S/C14H15BrFNS/c1-3-17-14(11-6-9(2)18-8-11)10-4-5-12(15)13(16)7-10/h4-8,14,17H,3H2,1-2H3. The lowest BCUT2D eigenvalue weighted by Gasteiger charge is -2.17. The van der Waals surface area contributed by atoms with Crippen LogP contribution < -0.4 is 5.32 Å². The molecule has 18 heavy (non-hydrogen) atoms. The molecule has 1 aromatic heterocycles. The van der Waals surface area contributed by atoms with Crippen LogP contribution >= 0.6 is 27.3 Å². The topological polar surface area (TPSA) is 12.0 Å². The summed E-state index contributed by atoms with van der Waals surface area (Å²) >= 11 is 4.90. The molecule has 0 radical (unpaired) electrons. The predicted molar refractivity (Wildman–Crippen MR) is 78.7 cm³/mol. The third-order valence-electron chi connectivity index (χ3n) is 2.77. The van der Waals surface area contributed by atoms with E-state index in [-0.39, 0.29) is 11.9 Å². The first-order chi connectivity index (χ1) is 8.61. The van der Waals surface area contributed by atoms with Gasteiger partial charge in [0.2, 0.25) is 0 Å². The minimum atomic E-state index is -0.220. The summed E-state index contributed by atoms with van der Waals surface area (Å²) in [6.45, 7) is 4.98. The summed E-state index contributed by atoms with van der Waals surface area (Å²) in [6.07, 6.45) is 0. The van der Waals surface area contributed by atoms with Gasteiger partial charge in [-0.3, -0.25) is 0 Å². The van der Waals surface area contributed by atoms with Crippen LogP contribution in [0.4, 0.5) is 4.39 Å². The van der Waals surface area contributed by atoms with Gasteiger partial charge >= 0.3 is 0 Å². The van der Waals surface area contributed by atoms with Crippen LogP contribution in [0.25, 0.3) is 0 Å². The molecular weight excluding hydrogens is 313 g/mol. The molecule has 1 aromatic carbocycles. The quantitative estimate of drug-likeness (QED) is 0.861. The number of nitrogens with one attached hydrogen (secondary N) is 1. The molecule has 0 saturated heterocycles. The van der Waals surface area contributed by atoms with Crippen LogP contribution in [0.2, 0.25) is 0 Å². The smallest absolute Gasteiger partial charge is 0.137 e. The van der Waals surface area contributed by atoms with Crippen LogP contribution in [0.3, 0.4) is 0 Å². The van der Waals surface area contributed by atoms with Crippen molar-refractivity contribution in [3.05, 3.63) is 55.9 Å². The van der Waals surface area contributed by atoms with Crippen molar-refractivity contribution in [3.63, 3.8) is 0 Å². The van der Waals surface area contributed by atoms with Crippen LogP contribution in [0.1, 0.15) is 29.0 Å². The Morgan fingerprint density at radius 2 is 2.11 bits per heavy atom. The van der Waals surface area contributed by atoms with Gasteiger partial charge in [0.05, 0.1) is 10.5 Å². The molecule has 0 aliphatic carbocycles. The number of hydrogen-bond acceptors (Lipinski definition) is 2. The van der Waals surface area contributed by atoms with Crippen molar-refractivity contribution >= 4 is 27.3 Å². The highest BCUT2D eigenvalue weighted by atomic mass is 79.9. The van der Waals surface area contributed by atoms with E-state index in [1.165, 1.54) is 10.4 Å². The second-order valence-electron chi connectivity index (χ2n) is 4.15. The molecule has 1 atom stereocenters. The molecule has 96 valence electrons. The lowest BCUT2D eigenvalue weighted by molar-refractivity contribution is 0.599. The summed E-state index contributed by atoms with van der Waals surface area (Å²) in [6, 6.07) is 7.51. The van der Waals surface area contributed by atoms with E-state index in [1.54, 1.807) is 23.5 Å². The van der Waals surface area contributed by atoms with Gasteiger partial charge in [0.1, 0.15) is 5.82 Å². The fraction of sp³-hybridized carbons (Fsp3) is 0.286. The highest BCUT2D eigenvalue weighted by Crippen LogP contribution is 2.28. The lowest BCUT2D eigenvalue weighted by Crippen LogP contribution is -2.21. The van der Waals surface area contributed by atoms with Gasteiger partial charge in [-0.1, -0.05) is 13.0 Å². The molecule has 0 aliphatic heterocycles. The van der Waals surface area contributed by atoms with Crippen molar-refractivity contribution in [3.8, 4) is 0 Å². The van der Waals surface area contributed by atoms with E-state index >= 15 is 0 Å². The molecule has 0 amide bonds. The average Bonchev–Trinajstić information content (AvgIpc) is 2.76. The Morgan fingerprint density at radius 3 is 2.67 bits per heavy atom. The van der Waals surface area contributed by atoms with Gasteiger partial charge in [0.25, 0.3) is 0 Å². The molecule has 0 aliphatic rings. The van der Waals surface area contributed by atoms with Crippen molar-refractivity contribution in [2.75, 3.05) is 6.54 Å². The zero-order valence-electron chi connectivity index (χ0n) is 10.3. The van der Waals surface area contributed by atoms with E-state index in [4.69, 9.17) is 0 Å². The first kappa shape index (κ1) is 13.7. The van der Waals surface area contributed by atoms with Gasteiger partial charge in [-0.2, -0.15) is 0 Å². The molecule has 0 bridgehead atoms. The number of hydrogen-bond donors (Lipinski definition) is 1. The lowest BCUT2D eigenvalue weighted by atomic mass is 10.0. The summed E-state index contributed by atoms with van der Waals surface area (Å²) in [5.74, 6) is -0.220. The second kappa shape index (κ2) is 5.95. The SMILES string of the molecule is CCNC(c1csc(C)c1)c1ccc(Br)c(F)c1. The first-order valence-corrected chi connectivity index (χ1v) is 7.52. The Labute approximate surface area is 119 Å². The molecule has 1 nitrogen and oxygen atoms in total. The minimum absolute atomic E-state index is 0.0579. The third kappa shape index (κ3) is 2.99. The highest BCUT2D eigenvalue weighted by molar-refractivity contribution is 9.10. The van der Waals surface area contributed by atoms with Crippen molar-refractivity contribution in [1.82, 2.24) is 5.32 Å². The highest BCUT2D eigenvalue weighted by Gasteiger charge is 2.15. The Hall–Kier alpha value is -0.710. The summed E-state index contributed by atoms with van der Waals surface area (Å²) < 4.78 is 14.1. The van der Waals surface area contributed by atoms with Gasteiger partial charge in [0.15, 0.2) is 0 Å². The Bertz CT molecular complexity index is 538. The molecule has 1 unspecified atom stereocenters. The van der Waals surface area contributed by atoms with Gasteiger partial charge in [-0.15, -0.1) is 11.3 Å². The van der Waals surface area contributed by atoms with Crippen molar-refractivity contribution in [2.24, 2.45) is 0 Å². The predicted octanol–water partition coefficient (Wildman–Crippen LogP) is 4.66. The Kier molecular flexibility index (Phi) is 4.54.